The van der Waals surface area contributed by atoms with Crippen LogP contribution in [-0.2, 0) is 30.7 Å². The molecule has 0 saturated carbocycles. The van der Waals surface area contributed by atoms with Crippen LogP contribution >= 0.6 is 0 Å². The molecule has 0 aliphatic rings. The van der Waals surface area contributed by atoms with Crippen LogP contribution in [0.15, 0.2) is 0 Å². The van der Waals surface area contributed by atoms with E-state index in [2.05, 4.69) is 13.8 Å². The Balaban J connectivity index is -0.0000000300. The first-order valence-electron chi connectivity index (χ1n) is 1.56. The summed E-state index contributed by atoms with van der Waals surface area (Å²) in [5.74, 6) is -2.17. The molecule has 0 atom stereocenters. The van der Waals surface area contributed by atoms with Crippen molar-refractivity contribution >= 4 is 11.9 Å². The van der Waals surface area contributed by atoms with Gasteiger partial charge in [-0.3, -0.25) is 23.4 Å². The maximum absolute atomic E-state index is 8.89. The van der Waals surface area contributed by atoms with E-state index in [9.17, 15) is 0 Å². The number of hydrogen-bond donors (Lipinski definition) is 2. The SMILES string of the molecule is [CH2-]C(=O)O.[CH2-]C(=O)O.[CH3-].[W]. The molecule has 62 valence electrons. The van der Waals surface area contributed by atoms with Crippen molar-refractivity contribution in [1.82, 2.24) is 0 Å². The van der Waals surface area contributed by atoms with Gasteiger partial charge in [0.05, 0.1) is 0 Å². The summed E-state index contributed by atoms with van der Waals surface area (Å²) >= 11 is 0. The average molecular weight is 317 g/mol. The van der Waals surface area contributed by atoms with E-state index in [1.165, 1.54) is 0 Å². The van der Waals surface area contributed by atoms with Crippen LogP contribution in [0.2, 0.25) is 0 Å². The zero-order chi connectivity index (χ0) is 7.15. The van der Waals surface area contributed by atoms with Crippen molar-refractivity contribution in [2.75, 3.05) is 0 Å². The summed E-state index contributed by atoms with van der Waals surface area (Å²) in [6.07, 6.45) is 0. The second-order valence-corrected chi connectivity index (χ2v) is 0.787. The van der Waals surface area contributed by atoms with E-state index in [0.717, 1.165) is 0 Å². The smallest absolute Gasteiger partial charge is 0.161 e. The first-order valence-corrected chi connectivity index (χ1v) is 1.56. The predicted octanol–water partition coefficient (Wildman–Crippen LogP) is 0.258. The summed E-state index contributed by atoms with van der Waals surface area (Å²) in [5, 5.41) is 14.6. The molecule has 0 aromatic rings. The Morgan fingerprint density at radius 3 is 1.00 bits per heavy atom. The van der Waals surface area contributed by atoms with E-state index in [0.29, 0.717) is 0 Å². The summed E-state index contributed by atoms with van der Waals surface area (Å²) in [6.45, 7) is 5.11. The molecule has 0 aromatic heterocycles. The molecule has 0 aromatic carbocycles. The minimum atomic E-state index is -1.08. The molecule has 0 amide bonds. The molecule has 10 heavy (non-hydrogen) atoms. The summed E-state index contributed by atoms with van der Waals surface area (Å²) in [7, 11) is 0. The van der Waals surface area contributed by atoms with Gasteiger partial charge in [0, 0.05) is 21.1 Å². The molecule has 0 aliphatic heterocycles. The summed E-state index contributed by atoms with van der Waals surface area (Å²) < 4.78 is 0. The minimum Gasteiger partial charge on any atom is -0.503 e. The van der Waals surface area contributed by atoms with E-state index in [4.69, 9.17) is 19.8 Å². The van der Waals surface area contributed by atoms with Gasteiger partial charge in [-0.05, 0) is 0 Å². The zero-order valence-electron chi connectivity index (χ0n) is 5.53. The monoisotopic (exact) mass is 317 g/mol. The van der Waals surface area contributed by atoms with Gasteiger partial charge >= 0.3 is 0 Å². The quantitative estimate of drug-likeness (QED) is 0.629. The molecule has 0 bridgehead atoms. The third-order valence-electron chi connectivity index (χ3n) is 0. The van der Waals surface area contributed by atoms with Crippen LogP contribution < -0.4 is 0 Å². The van der Waals surface area contributed by atoms with Crippen LogP contribution in [0.3, 0.4) is 0 Å². The fourth-order valence-electron chi connectivity index (χ4n) is 0. The summed E-state index contributed by atoms with van der Waals surface area (Å²) in [6, 6.07) is 0. The van der Waals surface area contributed by atoms with Crippen LogP contribution in [0, 0.1) is 21.3 Å². The van der Waals surface area contributed by atoms with E-state index in [1.54, 1.807) is 0 Å². The Hall–Kier alpha value is -0.632. The molecule has 0 fully saturated rings. The first kappa shape index (κ1) is 22.8. The zero-order valence-corrected chi connectivity index (χ0v) is 8.47. The van der Waals surface area contributed by atoms with Crippen molar-refractivity contribution in [2.45, 2.75) is 0 Å². The third kappa shape index (κ3) is 749. The maximum Gasteiger partial charge on any atom is 0.161 e. The van der Waals surface area contributed by atoms with E-state index in [-0.39, 0.29) is 28.5 Å². The number of aliphatic carboxylic acids is 2. The topological polar surface area (TPSA) is 74.6 Å². The second kappa shape index (κ2) is 15.8. The van der Waals surface area contributed by atoms with E-state index >= 15 is 0 Å². The molecular weight excluding hydrogens is 308 g/mol. The van der Waals surface area contributed by atoms with Crippen molar-refractivity contribution in [1.29, 1.82) is 0 Å². The van der Waals surface area contributed by atoms with Crippen molar-refractivity contribution < 1.29 is 40.9 Å². The Morgan fingerprint density at radius 1 is 1.00 bits per heavy atom. The summed E-state index contributed by atoms with van der Waals surface area (Å²) in [4.78, 5) is 17.8. The number of carbonyl (C=O) groups is 2. The van der Waals surface area contributed by atoms with Gasteiger partial charge in [0.25, 0.3) is 0 Å². The molecule has 0 rings (SSSR count). The molecule has 0 aliphatic carbocycles. The van der Waals surface area contributed by atoms with Gasteiger partial charge in [-0.2, -0.15) is 0 Å². The molecule has 0 saturated heterocycles. The van der Waals surface area contributed by atoms with Gasteiger partial charge in [-0.1, -0.05) is 0 Å². The fourth-order valence-corrected chi connectivity index (χ4v) is 0. The van der Waals surface area contributed by atoms with Gasteiger partial charge in [0.2, 0.25) is 0 Å². The van der Waals surface area contributed by atoms with Crippen molar-refractivity contribution in [3.05, 3.63) is 21.3 Å². The number of rotatable bonds is 0. The fraction of sp³-hybridized carbons (Fsp3) is 0. The van der Waals surface area contributed by atoms with Crippen LogP contribution in [0.25, 0.3) is 0 Å². The molecule has 5 heteroatoms. The van der Waals surface area contributed by atoms with Crippen LogP contribution in [0.4, 0.5) is 0 Å². The Kier molecular flexibility index (Phi) is 35.9. The molecule has 2 N–H and O–H groups in total. The molecule has 0 unspecified atom stereocenters. The predicted molar refractivity (Wildman–Crippen MR) is 32.4 cm³/mol. The Labute approximate surface area is 74.5 Å². The van der Waals surface area contributed by atoms with Crippen LogP contribution in [-0.4, -0.2) is 22.2 Å². The minimum absolute atomic E-state index is 0. The van der Waals surface area contributed by atoms with Crippen molar-refractivity contribution in [3.63, 3.8) is 0 Å². The number of hydrogen-bond acceptors (Lipinski definition) is 2. The van der Waals surface area contributed by atoms with Gasteiger partial charge in [0.1, 0.15) is 0 Å². The molecule has 0 heterocycles. The molecule has 0 spiro atoms. The van der Waals surface area contributed by atoms with Crippen LogP contribution in [0.1, 0.15) is 0 Å². The maximum atomic E-state index is 8.89. The van der Waals surface area contributed by atoms with Gasteiger partial charge in [-0.25, -0.2) is 0 Å². The van der Waals surface area contributed by atoms with E-state index < -0.39 is 11.9 Å². The number of carboxylic acid groups (broad SMARTS) is 2. The first-order chi connectivity index (χ1) is 3.46. The standard InChI is InChI=1S/2C2H3O2.CH3.W/c2*1-2(3)4;;/h2*1H2,(H,3,4);1H3;/q3*-1;. The van der Waals surface area contributed by atoms with E-state index in [1.807, 2.05) is 0 Å². The molecular formula is C5H9O4W-3. The largest absolute Gasteiger partial charge is 0.503 e. The van der Waals surface area contributed by atoms with Gasteiger partial charge in [-0.15, -0.1) is 0 Å². The van der Waals surface area contributed by atoms with Crippen molar-refractivity contribution in [2.24, 2.45) is 0 Å². The second-order valence-electron chi connectivity index (χ2n) is 0.787. The Morgan fingerprint density at radius 2 is 1.00 bits per heavy atom. The average Bonchev–Trinajstić information content (AvgIpc) is 1.25. The third-order valence-corrected chi connectivity index (χ3v) is 0. The van der Waals surface area contributed by atoms with Crippen molar-refractivity contribution in [3.8, 4) is 0 Å². The summed E-state index contributed by atoms with van der Waals surface area (Å²) in [5.41, 5.74) is 0. The molecule has 4 nitrogen and oxygen atoms in total. The van der Waals surface area contributed by atoms with Gasteiger partial charge in [0.15, 0.2) is 11.9 Å². The molecule has 0 radical (unpaired) electrons. The Bertz CT molecular complexity index is 71.6. The van der Waals surface area contributed by atoms with Crippen LogP contribution in [0.5, 0.6) is 0 Å². The number of carboxylic acids is 2. The normalized spacial score (nSPS) is 4.80. The van der Waals surface area contributed by atoms with Gasteiger partial charge < -0.3 is 17.6 Å².